The first-order chi connectivity index (χ1) is 8.40. The zero-order chi connectivity index (χ0) is 11.9. The third-order valence-corrected chi connectivity index (χ3v) is 2.35. The zero-order valence-electron chi connectivity index (χ0n) is 9.85. The Morgan fingerprint density at radius 1 is 1.41 bits per heavy atom. The van der Waals surface area contributed by atoms with Gasteiger partial charge in [0.25, 0.3) is 0 Å². The molecule has 4 nitrogen and oxygen atoms in total. The fourth-order valence-electron chi connectivity index (χ4n) is 1.51. The Morgan fingerprint density at radius 2 is 2.35 bits per heavy atom. The molecule has 0 saturated heterocycles. The van der Waals surface area contributed by atoms with Crippen molar-refractivity contribution in [1.29, 1.82) is 0 Å². The summed E-state index contributed by atoms with van der Waals surface area (Å²) in [7, 11) is 0. The number of benzene rings is 1. The zero-order valence-corrected chi connectivity index (χ0v) is 9.85. The van der Waals surface area contributed by atoms with Gasteiger partial charge in [0.15, 0.2) is 0 Å². The number of aromatic amines is 1. The van der Waals surface area contributed by atoms with Gasteiger partial charge in [-0.25, -0.2) is 0 Å². The quantitative estimate of drug-likeness (QED) is 0.610. The van der Waals surface area contributed by atoms with Crippen LogP contribution in [-0.2, 0) is 0 Å². The van der Waals surface area contributed by atoms with E-state index < -0.39 is 0 Å². The molecule has 0 unspecified atom stereocenters. The predicted octanol–water partition coefficient (Wildman–Crippen LogP) is 2.93. The Balaban J connectivity index is 2.07. The highest BCUT2D eigenvalue weighted by molar-refractivity contribution is 5.78. The van der Waals surface area contributed by atoms with Crippen LogP contribution in [0.1, 0.15) is 13.3 Å². The number of hydrogen-bond acceptors (Lipinski definition) is 2. The molecular formula is C13H16N4. The summed E-state index contributed by atoms with van der Waals surface area (Å²) >= 11 is 0. The second-order valence-corrected chi connectivity index (χ2v) is 3.73. The fraction of sp³-hybridized carbons (Fsp3) is 0.231. The number of nitrogens with zero attached hydrogens (tertiary/aromatic N) is 2. The number of H-pyrrole nitrogens is 1. The lowest BCUT2D eigenvalue weighted by atomic mass is 10.1. The predicted molar refractivity (Wildman–Crippen MR) is 71.3 cm³/mol. The maximum atomic E-state index is 4.22. The molecule has 0 aliphatic heterocycles. The van der Waals surface area contributed by atoms with Crippen LogP contribution < -0.4 is 5.32 Å². The SMILES string of the molecule is CCCN=CNc1cccc(-c2ccn[nH]2)c1. The summed E-state index contributed by atoms with van der Waals surface area (Å²) in [5, 5.41) is 10.0. The van der Waals surface area contributed by atoms with Crippen molar-refractivity contribution < 1.29 is 0 Å². The molecule has 1 aromatic carbocycles. The van der Waals surface area contributed by atoms with Crippen LogP contribution >= 0.6 is 0 Å². The lowest BCUT2D eigenvalue weighted by Gasteiger charge is -2.02. The smallest absolute Gasteiger partial charge is 0.0867 e. The van der Waals surface area contributed by atoms with Crippen molar-refractivity contribution in [3.8, 4) is 11.3 Å². The molecule has 2 N–H and O–H groups in total. The highest BCUT2D eigenvalue weighted by atomic mass is 15.1. The molecule has 0 aliphatic carbocycles. The maximum Gasteiger partial charge on any atom is 0.0867 e. The highest BCUT2D eigenvalue weighted by Gasteiger charge is 1.98. The van der Waals surface area contributed by atoms with Crippen molar-refractivity contribution in [3.05, 3.63) is 36.5 Å². The number of anilines is 1. The molecule has 0 spiro atoms. The Bertz CT molecular complexity index is 474. The molecule has 0 atom stereocenters. The van der Waals surface area contributed by atoms with Crippen LogP contribution in [0.25, 0.3) is 11.3 Å². The van der Waals surface area contributed by atoms with Crippen molar-refractivity contribution in [1.82, 2.24) is 10.2 Å². The van der Waals surface area contributed by atoms with E-state index in [0.717, 1.165) is 29.9 Å². The molecule has 17 heavy (non-hydrogen) atoms. The number of nitrogens with one attached hydrogen (secondary N) is 2. The van der Waals surface area contributed by atoms with Crippen LogP contribution in [0.3, 0.4) is 0 Å². The number of rotatable bonds is 5. The molecule has 2 aromatic rings. The molecule has 0 amide bonds. The molecule has 1 aromatic heterocycles. The lowest BCUT2D eigenvalue weighted by Crippen LogP contribution is -1.95. The minimum absolute atomic E-state index is 0.854. The van der Waals surface area contributed by atoms with Crippen LogP contribution in [0.4, 0.5) is 5.69 Å². The van der Waals surface area contributed by atoms with Crippen LogP contribution in [0.5, 0.6) is 0 Å². The van der Waals surface area contributed by atoms with Gasteiger partial charge in [0, 0.05) is 24.0 Å². The molecule has 0 fully saturated rings. The highest BCUT2D eigenvalue weighted by Crippen LogP contribution is 2.19. The Morgan fingerprint density at radius 3 is 3.12 bits per heavy atom. The van der Waals surface area contributed by atoms with Gasteiger partial charge in [0.2, 0.25) is 0 Å². The van der Waals surface area contributed by atoms with Crippen LogP contribution in [0.15, 0.2) is 41.5 Å². The summed E-state index contributed by atoms with van der Waals surface area (Å²) in [6, 6.07) is 10.1. The summed E-state index contributed by atoms with van der Waals surface area (Å²) in [6.45, 7) is 2.96. The van der Waals surface area contributed by atoms with E-state index in [0.29, 0.717) is 0 Å². The van der Waals surface area contributed by atoms with E-state index in [1.54, 1.807) is 12.5 Å². The van der Waals surface area contributed by atoms with Crippen molar-refractivity contribution in [2.24, 2.45) is 4.99 Å². The molecular weight excluding hydrogens is 212 g/mol. The molecule has 88 valence electrons. The van der Waals surface area contributed by atoms with Crippen molar-refractivity contribution in [3.63, 3.8) is 0 Å². The second kappa shape index (κ2) is 5.84. The largest absolute Gasteiger partial charge is 0.347 e. The number of aliphatic imine (C=N–C) groups is 1. The van der Waals surface area contributed by atoms with Gasteiger partial charge in [-0.1, -0.05) is 19.1 Å². The fourth-order valence-corrected chi connectivity index (χ4v) is 1.51. The monoisotopic (exact) mass is 228 g/mol. The molecule has 4 heteroatoms. The second-order valence-electron chi connectivity index (χ2n) is 3.73. The van der Waals surface area contributed by atoms with Gasteiger partial charge in [-0.2, -0.15) is 5.10 Å². The minimum Gasteiger partial charge on any atom is -0.347 e. The number of aromatic nitrogens is 2. The maximum absolute atomic E-state index is 4.22. The summed E-state index contributed by atoms with van der Waals surface area (Å²) in [5.74, 6) is 0. The minimum atomic E-state index is 0.854. The standard InChI is InChI=1S/C13H16N4/c1-2-7-14-10-15-12-5-3-4-11(9-12)13-6-8-16-17-13/h3-6,8-10H,2,7H2,1H3,(H,14,15)(H,16,17). The lowest BCUT2D eigenvalue weighted by molar-refractivity contribution is 0.936. The third-order valence-electron chi connectivity index (χ3n) is 2.35. The normalized spacial score (nSPS) is 10.9. The average Bonchev–Trinajstić information content (AvgIpc) is 2.89. The van der Waals surface area contributed by atoms with Gasteiger partial charge in [-0.3, -0.25) is 10.1 Å². The van der Waals surface area contributed by atoms with E-state index in [1.807, 2.05) is 24.3 Å². The molecule has 0 radical (unpaired) electrons. The summed E-state index contributed by atoms with van der Waals surface area (Å²) in [4.78, 5) is 4.22. The Hall–Kier alpha value is -2.10. The van der Waals surface area contributed by atoms with E-state index in [9.17, 15) is 0 Å². The van der Waals surface area contributed by atoms with Gasteiger partial charge < -0.3 is 5.32 Å². The third kappa shape index (κ3) is 3.17. The first-order valence-electron chi connectivity index (χ1n) is 5.75. The molecule has 0 saturated carbocycles. The van der Waals surface area contributed by atoms with E-state index in [4.69, 9.17) is 0 Å². The van der Waals surface area contributed by atoms with Crippen molar-refractivity contribution >= 4 is 12.0 Å². The van der Waals surface area contributed by atoms with E-state index in [1.165, 1.54) is 0 Å². The van der Waals surface area contributed by atoms with E-state index in [2.05, 4.69) is 33.5 Å². The van der Waals surface area contributed by atoms with Gasteiger partial charge >= 0.3 is 0 Å². The molecule has 2 rings (SSSR count). The summed E-state index contributed by atoms with van der Waals surface area (Å²) < 4.78 is 0. The molecule has 1 heterocycles. The van der Waals surface area contributed by atoms with Crippen LogP contribution in [-0.4, -0.2) is 23.1 Å². The van der Waals surface area contributed by atoms with Gasteiger partial charge in [-0.15, -0.1) is 0 Å². The Kier molecular flexibility index (Phi) is 3.91. The molecule has 0 aliphatic rings. The van der Waals surface area contributed by atoms with Gasteiger partial charge in [0.05, 0.1) is 12.0 Å². The summed E-state index contributed by atoms with van der Waals surface area (Å²) in [5.41, 5.74) is 3.15. The number of hydrogen-bond donors (Lipinski definition) is 2. The van der Waals surface area contributed by atoms with Crippen molar-refractivity contribution in [2.75, 3.05) is 11.9 Å². The van der Waals surface area contributed by atoms with Gasteiger partial charge in [-0.05, 0) is 24.6 Å². The van der Waals surface area contributed by atoms with Gasteiger partial charge in [0.1, 0.15) is 0 Å². The van der Waals surface area contributed by atoms with E-state index >= 15 is 0 Å². The van der Waals surface area contributed by atoms with Crippen LogP contribution in [0, 0.1) is 0 Å². The first kappa shape index (κ1) is 11.4. The summed E-state index contributed by atoms with van der Waals surface area (Å²) in [6.07, 6.45) is 4.56. The van der Waals surface area contributed by atoms with Crippen molar-refractivity contribution in [2.45, 2.75) is 13.3 Å². The average molecular weight is 228 g/mol. The first-order valence-corrected chi connectivity index (χ1v) is 5.75. The molecule has 0 bridgehead atoms. The Labute approximate surface area is 101 Å². The van der Waals surface area contributed by atoms with Crippen LogP contribution in [0.2, 0.25) is 0 Å². The topological polar surface area (TPSA) is 53.1 Å². The van der Waals surface area contributed by atoms with E-state index in [-0.39, 0.29) is 0 Å².